The van der Waals surface area contributed by atoms with E-state index in [9.17, 15) is 23.7 Å². The van der Waals surface area contributed by atoms with E-state index >= 15 is 0 Å². The van der Waals surface area contributed by atoms with E-state index in [1.54, 1.807) is 30.3 Å². The first-order valence-electron chi connectivity index (χ1n) is 11.8. The zero-order chi connectivity index (χ0) is 25.5. The topological polar surface area (TPSA) is 137 Å². The second-order valence-electron chi connectivity index (χ2n) is 8.42. The van der Waals surface area contributed by atoms with E-state index in [0.717, 1.165) is 44.0 Å². The van der Waals surface area contributed by atoms with E-state index in [-0.39, 0.29) is 12.4 Å². The molecule has 0 aliphatic carbocycles. The fraction of sp³-hybridized carbons (Fsp3) is 0.520. The van der Waals surface area contributed by atoms with Crippen LogP contribution in [0.25, 0.3) is 0 Å². The number of anilines is 1. The maximum Gasteiger partial charge on any atom is 0.229 e. The van der Waals surface area contributed by atoms with Crippen molar-refractivity contribution in [2.75, 3.05) is 43.9 Å². The zero-order valence-corrected chi connectivity index (χ0v) is 21.1. The predicted octanol–water partition coefficient (Wildman–Crippen LogP) is 2.67. The average Bonchev–Trinajstić information content (AvgIpc) is 2.81. The zero-order valence-electron chi connectivity index (χ0n) is 20.3. The normalized spacial score (nSPS) is 12.5. The lowest BCUT2D eigenvalue weighted by Crippen LogP contribution is -2.22. The van der Waals surface area contributed by atoms with Crippen LogP contribution in [0.4, 0.5) is 5.69 Å². The van der Waals surface area contributed by atoms with Crippen LogP contribution in [0.2, 0.25) is 0 Å². The number of unbranched alkanes of at least 4 members (excludes halogenated alkanes) is 2. The molecule has 10 heteroatoms. The van der Waals surface area contributed by atoms with Crippen molar-refractivity contribution in [3.05, 3.63) is 59.2 Å². The Morgan fingerprint density at radius 3 is 2.51 bits per heavy atom. The molecule has 35 heavy (non-hydrogen) atoms. The number of sulfonamides is 1. The molecule has 5 N–H and O–H groups in total. The number of phenols is 1. The number of benzene rings is 2. The van der Waals surface area contributed by atoms with Crippen LogP contribution in [0.1, 0.15) is 48.5 Å². The van der Waals surface area contributed by atoms with E-state index < -0.39 is 16.1 Å². The molecule has 0 saturated heterocycles. The van der Waals surface area contributed by atoms with Gasteiger partial charge in [0.2, 0.25) is 10.0 Å². The van der Waals surface area contributed by atoms with Crippen LogP contribution in [0.15, 0.2) is 42.5 Å². The molecule has 0 unspecified atom stereocenters. The number of aliphatic hydroxyl groups is 2. The number of hydrogen-bond acceptors (Lipinski definition) is 8. The lowest BCUT2D eigenvalue weighted by atomic mass is 10.1. The highest BCUT2D eigenvalue weighted by Gasteiger charge is 2.10. The highest BCUT2D eigenvalue weighted by molar-refractivity contribution is 7.92. The molecule has 0 fully saturated rings. The molecular weight excluding hydrogens is 472 g/mol. The second-order valence-corrected chi connectivity index (χ2v) is 10.2. The summed E-state index contributed by atoms with van der Waals surface area (Å²) >= 11 is 0. The van der Waals surface area contributed by atoms with Crippen LogP contribution in [-0.2, 0) is 32.7 Å². The minimum atomic E-state index is -3.29. The van der Waals surface area contributed by atoms with Crippen LogP contribution < -0.4 is 10.0 Å². The molecular formula is C25H38N2O7S. The van der Waals surface area contributed by atoms with Gasteiger partial charge in [0, 0.05) is 37.6 Å². The monoisotopic (exact) mass is 510 g/mol. The predicted molar refractivity (Wildman–Crippen MR) is 136 cm³/mol. The molecule has 0 heterocycles. The molecule has 2 aromatic rings. The third-order valence-corrected chi connectivity index (χ3v) is 5.82. The Bertz CT molecular complexity index is 986. The lowest BCUT2D eigenvalue weighted by molar-refractivity contribution is 0.0743. The first kappa shape index (κ1) is 29.0. The van der Waals surface area contributed by atoms with E-state index in [1.165, 1.54) is 6.07 Å². The molecule has 0 aliphatic heterocycles. The molecule has 0 spiro atoms. The van der Waals surface area contributed by atoms with Crippen molar-refractivity contribution < 1.29 is 33.2 Å². The Morgan fingerprint density at radius 1 is 0.971 bits per heavy atom. The van der Waals surface area contributed by atoms with Crippen molar-refractivity contribution >= 4 is 15.7 Å². The van der Waals surface area contributed by atoms with Gasteiger partial charge in [-0.1, -0.05) is 18.2 Å². The largest absolute Gasteiger partial charge is 0.508 e. The van der Waals surface area contributed by atoms with Crippen LogP contribution in [0.3, 0.4) is 0 Å². The summed E-state index contributed by atoms with van der Waals surface area (Å²) < 4.78 is 36.3. The Hall–Kier alpha value is -2.21. The van der Waals surface area contributed by atoms with Gasteiger partial charge < -0.3 is 30.1 Å². The molecule has 9 nitrogen and oxygen atoms in total. The van der Waals surface area contributed by atoms with Crippen molar-refractivity contribution in [2.45, 2.75) is 45.0 Å². The SMILES string of the molecule is CS(=O)(=O)Nc1cccc(COCCCOCCCCCNC[C@H](O)c2ccc(O)c(CO)c2)c1. The van der Waals surface area contributed by atoms with Gasteiger partial charge in [-0.25, -0.2) is 8.42 Å². The summed E-state index contributed by atoms with van der Waals surface area (Å²) in [6.07, 6.45) is 4.17. The smallest absolute Gasteiger partial charge is 0.229 e. The number of ether oxygens (including phenoxy) is 2. The Labute approximate surface area is 208 Å². The molecule has 196 valence electrons. The van der Waals surface area contributed by atoms with Crippen molar-refractivity contribution in [3.63, 3.8) is 0 Å². The third-order valence-electron chi connectivity index (χ3n) is 5.21. The number of rotatable bonds is 18. The van der Waals surface area contributed by atoms with E-state index in [0.29, 0.717) is 49.8 Å². The molecule has 0 aliphatic rings. The summed E-state index contributed by atoms with van der Waals surface area (Å²) in [6.45, 7) is 3.23. The highest BCUT2D eigenvalue weighted by Crippen LogP contribution is 2.22. The van der Waals surface area contributed by atoms with Gasteiger partial charge >= 0.3 is 0 Å². The first-order valence-corrected chi connectivity index (χ1v) is 13.7. The Morgan fingerprint density at radius 2 is 1.74 bits per heavy atom. The minimum absolute atomic E-state index is 0.0261. The molecule has 0 aromatic heterocycles. The van der Waals surface area contributed by atoms with E-state index in [1.807, 2.05) is 6.07 Å². The number of aliphatic hydroxyl groups excluding tert-OH is 2. The van der Waals surface area contributed by atoms with Gasteiger partial charge in [-0.05, 0) is 67.6 Å². The van der Waals surface area contributed by atoms with Gasteiger partial charge in [0.05, 0.1) is 25.6 Å². The Balaban J connectivity index is 1.43. The maximum atomic E-state index is 11.3. The van der Waals surface area contributed by atoms with Crippen LogP contribution >= 0.6 is 0 Å². The molecule has 2 rings (SSSR count). The van der Waals surface area contributed by atoms with Gasteiger partial charge in [0.25, 0.3) is 0 Å². The molecule has 0 radical (unpaired) electrons. The summed E-state index contributed by atoms with van der Waals surface area (Å²) in [5.74, 6) is 0.0261. The van der Waals surface area contributed by atoms with Gasteiger partial charge in [0.15, 0.2) is 0 Å². The molecule has 0 saturated carbocycles. The summed E-state index contributed by atoms with van der Waals surface area (Å²) in [7, 11) is -3.29. The summed E-state index contributed by atoms with van der Waals surface area (Å²) in [6, 6.07) is 11.9. The molecule has 2 aromatic carbocycles. The van der Waals surface area contributed by atoms with Crippen LogP contribution in [0, 0.1) is 0 Å². The third kappa shape index (κ3) is 12.4. The lowest BCUT2D eigenvalue weighted by Gasteiger charge is -2.14. The van der Waals surface area contributed by atoms with Gasteiger partial charge in [0.1, 0.15) is 5.75 Å². The highest BCUT2D eigenvalue weighted by atomic mass is 32.2. The van der Waals surface area contributed by atoms with Crippen LogP contribution in [0.5, 0.6) is 5.75 Å². The summed E-state index contributed by atoms with van der Waals surface area (Å²) in [5, 5.41) is 32.2. The fourth-order valence-corrected chi connectivity index (χ4v) is 3.98. The summed E-state index contributed by atoms with van der Waals surface area (Å²) in [4.78, 5) is 0. The van der Waals surface area contributed by atoms with Crippen LogP contribution in [-0.4, -0.2) is 62.9 Å². The molecule has 0 amide bonds. The average molecular weight is 511 g/mol. The standard InChI is InChI=1S/C25H38N2O7S/c1-35(31,32)27-23-8-5-7-20(15-23)19-34-14-6-13-33-12-4-2-3-11-26-17-25(30)21-9-10-24(29)22(16-21)18-28/h5,7-10,15-16,25-30H,2-4,6,11-14,17-19H2,1H3/t25-/m0/s1. The second kappa shape index (κ2) is 15.7. The maximum absolute atomic E-state index is 11.3. The molecule has 0 bridgehead atoms. The minimum Gasteiger partial charge on any atom is -0.508 e. The fourth-order valence-electron chi connectivity index (χ4n) is 3.42. The number of nitrogens with one attached hydrogen (secondary N) is 2. The van der Waals surface area contributed by atoms with Crippen molar-refractivity contribution in [2.24, 2.45) is 0 Å². The van der Waals surface area contributed by atoms with Crippen molar-refractivity contribution in [1.29, 1.82) is 0 Å². The molecule has 1 atom stereocenters. The van der Waals surface area contributed by atoms with Gasteiger partial charge in [-0.2, -0.15) is 0 Å². The first-order chi connectivity index (χ1) is 16.8. The van der Waals surface area contributed by atoms with E-state index in [2.05, 4.69) is 10.0 Å². The Kier molecular flexibility index (Phi) is 13.0. The van der Waals surface area contributed by atoms with Crippen molar-refractivity contribution in [3.8, 4) is 5.75 Å². The quantitative estimate of drug-likeness (QED) is 0.193. The van der Waals surface area contributed by atoms with E-state index in [4.69, 9.17) is 9.47 Å². The van der Waals surface area contributed by atoms with Gasteiger partial charge in [-0.3, -0.25) is 4.72 Å². The van der Waals surface area contributed by atoms with Crippen molar-refractivity contribution in [1.82, 2.24) is 5.32 Å². The number of aromatic hydroxyl groups is 1. The number of hydrogen-bond donors (Lipinski definition) is 5. The summed E-state index contributed by atoms with van der Waals surface area (Å²) in [5.41, 5.74) is 2.49. The van der Waals surface area contributed by atoms with Gasteiger partial charge in [-0.15, -0.1) is 0 Å².